The van der Waals surface area contributed by atoms with Crippen molar-refractivity contribution in [3.8, 4) is 0 Å². The molecule has 1 amide bonds. The van der Waals surface area contributed by atoms with Crippen LogP contribution in [0.5, 0.6) is 0 Å². The van der Waals surface area contributed by atoms with E-state index in [9.17, 15) is 4.79 Å². The Morgan fingerprint density at radius 2 is 2.12 bits per heavy atom. The van der Waals surface area contributed by atoms with Crippen LogP contribution in [0.3, 0.4) is 0 Å². The molecule has 2 rings (SSSR count). The van der Waals surface area contributed by atoms with Gasteiger partial charge in [0.05, 0.1) is 6.21 Å². The molecule has 0 spiro atoms. The number of carbonyl (C=O) groups excluding carboxylic acids is 1. The van der Waals surface area contributed by atoms with Crippen molar-refractivity contribution >= 4 is 12.1 Å². The summed E-state index contributed by atoms with van der Waals surface area (Å²) < 4.78 is 1.49. The van der Waals surface area contributed by atoms with E-state index in [0.717, 1.165) is 5.56 Å². The van der Waals surface area contributed by atoms with Gasteiger partial charge in [-0.15, -0.1) is 0 Å². The standard InChI is InChI=1S/C12H12N4O/c1-16-11(7-8-14-16)12(17)15-13-9-10-5-3-2-4-6-10/h2-9H,1H3,(H,15,17)/b13-9+. The molecule has 5 nitrogen and oxygen atoms in total. The Morgan fingerprint density at radius 1 is 1.35 bits per heavy atom. The van der Waals surface area contributed by atoms with Gasteiger partial charge in [-0.2, -0.15) is 10.2 Å². The highest BCUT2D eigenvalue weighted by molar-refractivity contribution is 5.93. The Labute approximate surface area is 98.8 Å². The Hall–Kier alpha value is -2.43. The van der Waals surface area contributed by atoms with Crippen LogP contribution in [0.25, 0.3) is 0 Å². The van der Waals surface area contributed by atoms with Crippen LogP contribution in [-0.2, 0) is 7.05 Å². The lowest BCUT2D eigenvalue weighted by Crippen LogP contribution is -2.20. The first-order valence-corrected chi connectivity index (χ1v) is 5.14. The van der Waals surface area contributed by atoms with Gasteiger partial charge in [-0.1, -0.05) is 30.3 Å². The van der Waals surface area contributed by atoms with E-state index in [2.05, 4.69) is 15.6 Å². The molecular formula is C12H12N4O. The quantitative estimate of drug-likeness (QED) is 0.633. The summed E-state index contributed by atoms with van der Waals surface area (Å²) in [4.78, 5) is 11.6. The number of carbonyl (C=O) groups is 1. The minimum absolute atomic E-state index is 0.280. The second kappa shape index (κ2) is 5.07. The molecule has 5 heteroatoms. The van der Waals surface area contributed by atoms with Crippen LogP contribution in [0.2, 0.25) is 0 Å². The fourth-order valence-electron chi connectivity index (χ4n) is 1.36. The summed E-state index contributed by atoms with van der Waals surface area (Å²) in [7, 11) is 1.70. The van der Waals surface area contributed by atoms with Crippen molar-refractivity contribution in [1.29, 1.82) is 0 Å². The van der Waals surface area contributed by atoms with Crippen LogP contribution < -0.4 is 5.43 Å². The topological polar surface area (TPSA) is 59.3 Å². The van der Waals surface area contributed by atoms with Crippen molar-refractivity contribution in [2.75, 3.05) is 0 Å². The Bertz CT molecular complexity index is 530. The number of benzene rings is 1. The molecule has 0 fully saturated rings. The van der Waals surface area contributed by atoms with E-state index in [1.54, 1.807) is 25.5 Å². The molecule has 0 radical (unpaired) electrons. The molecule has 0 aliphatic rings. The maximum atomic E-state index is 11.6. The highest BCUT2D eigenvalue weighted by Gasteiger charge is 2.07. The maximum absolute atomic E-state index is 11.6. The van der Waals surface area contributed by atoms with Gasteiger partial charge in [-0.25, -0.2) is 5.43 Å². The lowest BCUT2D eigenvalue weighted by molar-refractivity contribution is 0.0946. The summed E-state index contributed by atoms with van der Waals surface area (Å²) in [5.41, 5.74) is 3.84. The summed E-state index contributed by atoms with van der Waals surface area (Å²) in [6.45, 7) is 0. The third-order valence-corrected chi connectivity index (χ3v) is 2.23. The maximum Gasteiger partial charge on any atom is 0.289 e. The zero-order chi connectivity index (χ0) is 12.1. The largest absolute Gasteiger partial charge is 0.289 e. The molecule has 0 aliphatic heterocycles. The fourth-order valence-corrected chi connectivity index (χ4v) is 1.36. The molecule has 17 heavy (non-hydrogen) atoms. The number of hydrogen-bond acceptors (Lipinski definition) is 3. The summed E-state index contributed by atoms with van der Waals surface area (Å²) >= 11 is 0. The Kier molecular flexibility index (Phi) is 3.30. The molecule has 1 aromatic heterocycles. The third kappa shape index (κ3) is 2.78. The zero-order valence-corrected chi connectivity index (χ0v) is 9.37. The normalized spacial score (nSPS) is 10.6. The average Bonchev–Trinajstić information content (AvgIpc) is 2.77. The zero-order valence-electron chi connectivity index (χ0n) is 9.37. The molecule has 0 saturated heterocycles. The number of hydrogen-bond donors (Lipinski definition) is 1. The number of nitrogens with zero attached hydrogens (tertiary/aromatic N) is 3. The van der Waals surface area contributed by atoms with Gasteiger partial charge >= 0.3 is 0 Å². The van der Waals surface area contributed by atoms with Crippen molar-refractivity contribution < 1.29 is 4.79 Å². The van der Waals surface area contributed by atoms with Crippen LogP contribution in [-0.4, -0.2) is 21.9 Å². The van der Waals surface area contributed by atoms with Crippen LogP contribution in [0.15, 0.2) is 47.7 Å². The summed E-state index contributed by atoms with van der Waals surface area (Å²) in [6, 6.07) is 11.2. The minimum Gasteiger partial charge on any atom is -0.266 e. The van der Waals surface area contributed by atoms with E-state index in [4.69, 9.17) is 0 Å². The second-order valence-electron chi connectivity index (χ2n) is 3.45. The number of nitrogens with one attached hydrogen (secondary N) is 1. The van der Waals surface area contributed by atoms with E-state index >= 15 is 0 Å². The van der Waals surface area contributed by atoms with E-state index in [1.165, 1.54) is 4.68 Å². The number of aryl methyl sites for hydroxylation is 1. The van der Waals surface area contributed by atoms with Gasteiger partial charge in [0.25, 0.3) is 5.91 Å². The lowest BCUT2D eigenvalue weighted by atomic mass is 10.2. The van der Waals surface area contributed by atoms with Crippen LogP contribution in [0, 0.1) is 0 Å². The predicted octanol–water partition coefficient (Wildman–Crippen LogP) is 1.18. The first-order valence-electron chi connectivity index (χ1n) is 5.14. The van der Waals surface area contributed by atoms with Crippen molar-refractivity contribution in [1.82, 2.24) is 15.2 Å². The smallest absolute Gasteiger partial charge is 0.266 e. The van der Waals surface area contributed by atoms with E-state index in [1.807, 2.05) is 30.3 Å². The monoisotopic (exact) mass is 228 g/mol. The second-order valence-corrected chi connectivity index (χ2v) is 3.45. The molecule has 86 valence electrons. The van der Waals surface area contributed by atoms with Gasteiger partial charge in [-0.05, 0) is 11.6 Å². The number of rotatable bonds is 3. The number of hydrazone groups is 1. The van der Waals surface area contributed by atoms with Crippen molar-refractivity contribution in [2.45, 2.75) is 0 Å². The SMILES string of the molecule is Cn1nccc1C(=O)N/N=C/c1ccccc1. The molecule has 1 N–H and O–H groups in total. The number of aromatic nitrogens is 2. The predicted molar refractivity (Wildman–Crippen MR) is 64.7 cm³/mol. The van der Waals surface area contributed by atoms with Gasteiger partial charge in [-0.3, -0.25) is 9.48 Å². The Morgan fingerprint density at radius 3 is 2.76 bits per heavy atom. The van der Waals surface area contributed by atoms with Gasteiger partial charge < -0.3 is 0 Å². The van der Waals surface area contributed by atoms with Crippen molar-refractivity contribution in [2.24, 2.45) is 12.1 Å². The Balaban J connectivity index is 1.98. The molecule has 0 aliphatic carbocycles. The summed E-state index contributed by atoms with van der Waals surface area (Å²) in [6.07, 6.45) is 3.16. The van der Waals surface area contributed by atoms with E-state index in [0.29, 0.717) is 5.69 Å². The third-order valence-electron chi connectivity index (χ3n) is 2.23. The molecule has 1 aromatic carbocycles. The van der Waals surface area contributed by atoms with E-state index < -0.39 is 0 Å². The van der Waals surface area contributed by atoms with Gasteiger partial charge in [0.1, 0.15) is 5.69 Å². The molecule has 0 bridgehead atoms. The highest BCUT2D eigenvalue weighted by atomic mass is 16.2. The van der Waals surface area contributed by atoms with Crippen LogP contribution in [0.4, 0.5) is 0 Å². The van der Waals surface area contributed by atoms with Gasteiger partial charge in [0, 0.05) is 13.2 Å². The number of amides is 1. The summed E-state index contributed by atoms with van der Waals surface area (Å²) in [5, 5.41) is 7.78. The van der Waals surface area contributed by atoms with Crippen LogP contribution >= 0.6 is 0 Å². The molecule has 2 aromatic rings. The van der Waals surface area contributed by atoms with Gasteiger partial charge in [0.15, 0.2) is 0 Å². The fraction of sp³-hybridized carbons (Fsp3) is 0.0833. The molecule has 0 unspecified atom stereocenters. The van der Waals surface area contributed by atoms with Gasteiger partial charge in [0.2, 0.25) is 0 Å². The van der Waals surface area contributed by atoms with E-state index in [-0.39, 0.29) is 5.91 Å². The minimum atomic E-state index is -0.280. The molecule has 0 saturated carbocycles. The van der Waals surface area contributed by atoms with Crippen molar-refractivity contribution in [3.63, 3.8) is 0 Å². The summed E-state index contributed by atoms with van der Waals surface area (Å²) in [5.74, 6) is -0.280. The lowest BCUT2D eigenvalue weighted by Gasteiger charge is -1.99. The molecular weight excluding hydrogens is 216 g/mol. The average molecular weight is 228 g/mol. The highest BCUT2D eigenvalue weighted by Crippen LogP contribution is 1.96. The molecule has 0 atom stereocenters. The van der Waals surface area contributed by atoms with Crippen molar-refractivity contribution in [3.05, 3.63) is 53.9 Å². The first kappa shape index (κ1) is 11.1. The van der Waals surface area contributed by atoms with Crippen LogP contribution in [0.1, 0.15) is 16.1 Å². The molecule has 1 heterocycles. The first-order chi connectivity index (χ1) is 8.27.